The molecule has 0 N–H and O–H groups in total. The molecule has 1 unspecified atom stereocenters. The molecule has 0 heterocycles. The summed E-state index contributed by atoms with van der Waals surface area (Å²) in [5.41, 5.74) is -0.323. The van der Waals surface area contributed by atoms with Crippen molar-refractivity contribution in [3.05, 3.63) is 70.0 Å². The Kier molecular flexibility index (Phi) is 8.55. The number of carbonyl (C=O) groups excluding carboxylic acids is 1. The monoisotopic (exact) mass is 490 g/mol. The molecule has 0 aliphatic heterocycles. The van der Waals surface area contributed by atoms with Gasteiger partial charge in [0.2, 0.25) is 5.82 Å². The number of hydrogen-bond donors (Lipinski definition) is 0. The molecule has 0 saturated heterocycles. The molecule has 0 spiro atoms. The zero-order chi connectivity index (χ0) is 25.1. The number of hydrogen-bond acceptors (Lipinski definition) is 2. The van der Waals surface area contributed by atoms with Crippen LogP contribution in [0, 0.1) is 34.5 Å². The minimum absolute atomic E-state index is 0.0438. The highest BCUT2D eigenvalue weighted by molar-refractivity contribution is 6.24. The van der Waals surface area contributed by atoms with Crippen molar-refractivity contribution in [3.63, 3.8) is 0 Å². The molecule has 0 radical (unpaired) electrons. The summed E-state index contributed by atoms with van der Waals surface area (Å²) in [7, 11) is 0. The number of ether oxygens (including phenoxy) is 1. The van der Waals surface area contributed by atoms with Gasteiger partial charge in [0, 0.05) is 16.4 Å². The molecule has 2 aromatic carbocycles. The predicted molar refractivity (Wildman–Crippen MR) is 118 cm³/mol. The average molecular weight is 491 g/mol. The van der Waals surface area contributed by atoms with Gasteiger partial charge in [0.05, 0.1) is 12.2 Å². The van der Waals surface area contributed by atoms with Gasteiger partial charge >= 0.3 is 5.97 Å². The number of esters is 1. The minimum atomic E-state index is -2.20. The normalized spacial score (nSPS) is 13.2. The molecule has 0 amide bonds. The quantitative estimate of drug-likeness (QED) is 0.118. The fourth-order valence-electron chi connectivity index (χ4n) is 3.83. The Labute approximate surface area is 196 Å². The molecule has 33 heavy (non-hydrogen) atoms. The second-order valence-corrected chi connectivity index (χ2v) is 10.5. The van der Waals surface area contributed by atoms with Gasteiger partial charge in [-0.05, 0) is 56.2 Å². The van der Waals surface area contributed by atoms with Crippen molar-refractivity contribution >= 4 is 17.6 Å². The zero-order valence-electron chi connectivity index (χ0n) is 19.3. The van der Waals surface area contributed by atoms with E-state index in [1.54, 1.807) is 24.3 Å². The third-order valence-corrected chi connectivity index (χ3v) is 5.75. The molecular formula is C25H28ClF5O2. The molecule has 0 bridgehead atoms. The van der Waals surface area contributed by atoms with Crippen LogP contribution in [0.15, 0.2) is 24.3 Å². The summed E-state index contributed by atoms with van der Waals surface area (Å²) in [6.07, 6.45) is 1.16. The third kappa shape index (κ3) is 6.46. The Morgan fingerprint density at radius 2 is 1.39 bits per heavy atom. The van der Waals surface area contributed by atoms with Crippen LogP contribution in [0.1, 0.15) is 74.9 Å². The van der Waals surface area contributed by atoms with Gasteiger partial charge in [-0.25, -0.2) is 26.7 Å². The van der Waals surface area contributed by atoms with E-state index in [1.807, 2.05) is 20.8 Å². The van der Waals surface area contributed by atoms with E-state index in [1.165, 1.54) is 13.8 Å². The largest absolute Gasteiger partial charge is 0.462 e. The van der Waals surface area contributed by atoms with E-state index in [-0.39, 0.29) is 6.42 Å². The van der Waals surface area contributed by atoms with Crippen molar-refractivity contribution in [2.75, 3.05) is 6.61 Å². The standard InChI is InChI=1S/C25H28ClF5O2/c1-6-11-33-23(32)15-9-7-14(8-10-15)12-24(2,3)13-16(25(4,5)26)17-18(27)20(29)22(31)21(30)19(17)28/h7-10,16H,6,11-13H2,1-5H3. The van der Waals surface area contributed by atoms with Gasteiger partial charge < -0.3 is 4.74 Å². The van der Waals surface area contributed by atoms with Gasteiger partial charge in [0.15, 0.2) is 23.3 Å². The van der Waals surface area contributed by atoms with Crippen LogP contribution in [0.2, 0.25) is 0 Å². The summed E-state index contributed by atoms with van der Waals surface area (Å²) in [6.45, 7) is 8.80. The van der Waals surface area contributed by atoms with Crippen molar-refractivity contribution in [1.82, 2.24) is 0 Å². The molecule has 2 rings (SSSR count). The van der Waals surface area contributed by atoms with Gasteiger partial charge in [-0.15, -0.1) is 11.6 Å². The Morgan fingerprint density at radius 3 is 1.85 bits per heavy atom. The molecule has 1 atom stereocenters. The fourth-order valence-corrected chi connectivity index (χ4v) is 4.02. The van der Waals surface area contributed by atoms with E-state index < -0.39 is 56.8 Å². The Bertz CT molecular complexity index is 968. The molecule has 8 heteroatoms. The molecule has 2 nitrogen and oxygen atoms in total. The molecule has 0 fully saturated rings. The van der Waals surface area contributed by atoms with E-state index in [4.69, 9.17) is 16.3 Å². The summed E-state index contributed by atoms with van der Waals surface area (Å²) in [6, 6.07) is 6.72. The first kappa shape index (κ1) is 27.1. The summed E-state index contributed by atoms with van der Waals surface area (Å²) in [5.74, 6) is -11.5. The smallest absolute Gasteiger partial charge is 0.338 e. The highest BCUT2D eigenvalue weighted by Crippen LogP contribution is 2.45. The maximum atomic E-state index is 14.6. The zero-order valence-corrected chi connectivity index (χ0v) is 20.1. The highest BCUT2D eigenvalue weighted by Gasteiger charge is 2.40. The van der Waals surface area contributed by atoms with Crippen molar-refractivity contribution < 1.29 is 31.5 Å². The molecular weight excluding hydrogens is 463 g/mol. The molecule has 2 aromatic rings. The summed E-state index contributed by atoms with van der Waals surface area (Å²) in [4.78, 5) is 10.7. The first-order chi connectivity index (χ1) is 15.2. The van der Waals surface area contributed by atoms with Crippen LogP contribution in [0.25, 0.3) is 0 Å². The van der Waals surface area contributed by atoms with Gasteiger partial charge in [-0.2, -0.15) is 0 Å². The van der Waals surface area contributed by atoms with Crippen molar-refractivity contribution in [3.8, 4) is 0 Å². The SMILES string of the molecule is CCCOC(=O)c1ccc(CC(C)(C)CC(c2c(F)c(F)c(F)c(F)c2F)C(C)(C)Cl)cc1. The first-order valence-corrected chi connectivity index (χ1v) is 11.0. The maximum Gasteiger partial charge on any atom is 0.338 e. The molecule has 0 saturated carbocycles. The second-order valence-electron chi connectivity index (χ2n) is 9.48. The van der Waals surface area contributed by atoms with Crippen LogP contribution in [0.5, 0.6) is 0 Å². The Hall–Kier alpha value is -2.15. The number of benzene rings is 2. The van der Waals surface area contributed by atoms with Gasteiger partial charge in [-0.3, -0.25) is 0 Å². The predicted octanol–water partition coefficient (Wildman–Crippen LogP) is 7.71. The van der Waals surface area contributed by atoms with Gasteiger partial charge in [0.1, 0.15) is 0 Å². The summed E-state index contributed by atoms with van der Waals surface area (Å²) in [5, 5.41) is 0. The lowest BCUT2D eigenvalue weighted by molar-refractivity contribution is 0.0505. The number of carbonyl (C=O) groups is 1. The van der Waals surface area contributed by atoms with E-state index in [9.17, 15) is 26.7 Å². The van der Waals surface area contributed by atoms with E-state index in [0.29, 0.717) is 25.0 Å². The lowest BCUT2D eigenvalue weighted by Crippen LogP contribution is -2.31. The Balaban J connectivity index is 2.33. The summed E-state index contributed by atoms with van der Waals surface area (Å²) < 4.78 is 75.5. The van der Waals surface area contributed by atoms with E-state index >= 15 is 0 Å². The van der Waals surface area contributed by atoms with Gasteiger partial charge in [-0.1, -0.05) is 32.9 Å². The van der Waals surface area contributed by atoms with Crippen LogP contribution in [0.3, 0.4) is 0 Å². The lowest BCUT2D eigenvalue weighted by Gasteiger charge is -2.36. The second kappa shape index (κ2) is 10.4. The van der Waals surface area contributed by atoms with Crippen molar-refractivity contribution in [2.45, 2.75) is 64.7 Å². The number of alkyl halides is 1. The highest BCUT2D eigenvalue weighted by atomic mass is 35.5. The van der Waals surface area contributed by atoms with Crippen LogP contribution in [-0.2, 0) is 11.2 Å². The minimum Gasteiger partial charge on any atom is -0.462 e. The number of rotatable bonds is 9. The Morgan fingerprint density at radius 1 is 0.909 bits per heavy atom. The molecule has 0 aliphatic rings. The van der Waals surface area contributed by atoms with Gasteiger partial charge in [0.25, 0.3) is 0 Å². The number of halogens is 6. The van der Waals surface area contributed by atoms with E-state index in [0.717, 1.165) is 5.56 Å². The van der Waals surface area contributed by atoms with E-state index in [2.05, 4.69) is 0 Å². The first-order valence-electron chi connectivity index (χ1n) is 10.7. The van der Waals surface area contributed by atoms with Crippen LogP contribution in [0.4, 0.5) is 22.0 Å². The summed E-state index contributed by atoms with van der Waals surface area (Å²) >= 11 is 6.41. The molecule has 0 aliphatic carbocycles. The third-order valence-electron chi connectivity index (χ3n) is 5.49. The van der Waals surface area contributed by atoms with Crippen LogP contribution >= 0.6 is 11.6 Å². The van der Waals surface area contributed by atoms with Crippen molar-refractivity contribution in [2.24, 2.45) is 5.41 Å². The average Bonchev–Trinajstić information content (AvgIpc) is 2.73. The topological polar surface area (TPSA) is 26.3 Å². The lowest BCUT2D eigenvalue weighted by atomic mass is 9.72. The molecule has 182 valence electrons. The fraction of sp³-hybridized carbons (Fsp3) is 0.480. The van der Waals surface area contributed by atoms with Crippen LogP contribution in [-0.4, -0.2) is 17.5 Å². The van der Waals surface area contributed by atoms with Crippen LogP contribution < -0.4 is 0 Å². The molecule has 0 aromatic heterocycles. The maximum absolute atomic E-state index is 14.6. The van der Waals surface area contributed by atoms with Crippen molar-refractivity contribution in [1.29, 1.82) is 0 Å².